The Balaban J connectivity index is 1.87. The van der Waals surface area contributed by atoms with Crippen LogP contribution >= 0.6 is 0 Å². The SMILES string of the molecule is CS(=O)(=O)NCCOc1cc(C(=O)Oc2ccc([N+](=O)[O-])cc2)c(O)c2ccccc12. The van der Waals surface area contributed by atoms with E-state index >= 15 is 0 Å². The zero-order valence-corrected chi connectivity index (χ0v) is 17.1. The fourth-order valence-corrected chi connectivity index (χ4v) is 3.24. The Bertz CT molecular complexity index is 1240. The fraction of sp³-hybridized carbons (Fsp3) is 0.150. The van der Waals surface area contributed by atoms with Crippen LogP contribution < -0.4 is 14.2 Å². The first-order valence-electron chi connectivity index (χ1n) is 8.94. The summed E-state index contributed by atoms with van der Waals surface area (Å²) in [6.07, 6.45) is 1.02. The van der Waals surface area contributed by atoms with Gasteiger partial charge in [0.15, 0.2) is 0 Å². The normalized spacial score (nSPS) is 11.3. The lowest BCUT2D eigenvalue weighted by Crippen LogP contribution is -2.26. The van der Waals surface area contributed by atoms with Crippen LogP contribution in [0.1, 0.15) is 10.4 Å². The molecule has 0 fully saturated rings. The summed E-state index contributed by atoms with van der Waals surface area (Å²) >= 11 is 0. The van der Waals surface area contributed by atoms with Gasteiger partial charge in [0.2, 0.25) is 10.0 Å². The summed E-state index contributed by atoms with van der Waals surface area (Å²) in [4.78, 5) is 22.8. The molecule has 3 rings (SSSR count). The van der Waals surface area contributed by atoms with Crippen LogP contribution in [0.3, 0.4) is 0 Å². The van der Waals surface area contributed by atoms with E-state index in [1.165, 1.54) is 30.3 Å². The Kier molecular flexibility index (Phi) is 6.37. The number of carbonyl (C=O) groups excluding carboxylic acids is 1. The number of rotatable bonds is 8. The topological polar surface area (TPSA) is 145 Å². The number of nitrogens with zero attached hydrogens (tertiary/aromatic N) is 1. The molecule has 0 unspecified atom stereocenters. The second-order valence-corrected chi connectivity index (χ2v) is 8.30. The van der Waals surface area contributed by atoms with Crippen LogP contribution in [0.15, 0.2) is 54.6 Å². The quantitative estimate of drug-likeness (QED) is 0.177. The third-order valence-electron chi connectivity index (χ3n) is 4.18. The zero-order valence-electron chi connectivity index (χ0n) is 16.3. The molecule has 10 nitrogen and oxygen atoms in total. The average molecular weight is 446 g/mol. The maximum atomic E-state index is 12.6. The van der Waals surface area contributed by atoms with Crippen LogP contribution in [0.4, 0.5) is 5.69 Å². The van der Waals surface area contributed by atoms with Crippen molar-refractivity contribution in [3.8, 4) is 17.2 Å². The number of esters is 1. The Morgan fingerprint density at radius 3 is 2.39 bits per heavy atom. The molecule has 0 atom stereocenters. The van der Waals surface area contributed by atoms with E-state index in [4.69, 9.17) is 9.47 Å². The highest BCUT2D eigenvalue weighted by Crippen LogP contribution is 2.36. The molecule has 0 spiro atoms. The monoisotopic (exact) mass is 446 g/mol. The number of ether oxygens (including phenoxy) is 2. The number of phenolic OH excluding ortho intramolecular Hbond substituents is 1. The van der Waals surface area contributed by atoms with Gasteiger partial charge >= 0.3 is 5.97 Å². The van der Waals surface area contributed by atoms with Crippen molar-refractivity contribution in [2.45, 2.75) is 0 Å². The summed E-state index contributed by atoms with van der Waals surface area (Å²) in [6, 6.07) is 12.9. The molecular weight excluding hydrogens is 428 g/mol. The summed E-state index contributed by atoms with van der Waals surface area (Å²) in [6.45, 7) is -0.00467. The number of phenols is 1. The first-order chi connectivity index (χ1) is 14.7. The number of aromatic hydroxyl groups is 1. The van der Waals surface area contributed by atoms with Crippen molar-refractivity contribution >= 4 is 32.5 Å². The molecule has 0 aromatic heterocycles. The molecule has 3 aromatic carbocycles. The minimum Gasteiger partial charge on any atom is -0.506 e. The van der Waals surface area contributed by atoms with Crippen molar-refractivity contribution in [2.75, 3.05) is 19.4 Å². The summed E-state index contributed by atoms with van der Waals surface area (Å²) in [5.74, 6) is -0.900. The van der Waals surface area contributed by atoms with Crippen LogP contribution in [0.25, 0.3) is 10.8 Å². The number of fused-ring (bicyclic) bond motifs is 1. The van der Waals surface area contributed by atoms with Crippen molar-refractivity contribution in [2.24, 2.45) is 0 Å². The summed E-state index contributed by atoms with van der Waals surface area (Å²) in [5, 5.41) is 22.2. The Labute approximate surface area is 177 Å². The first kappa shape index (κ1) is 22.0. The number of hydrogen-bond donors (Lipinski definition) is 2. The van der Waals surface area contributed by atoms with Crippen LogP contribution in [-0.4, -0.2) is 43.8 Å². The standard InChI is InChI=1S/C20H18N2O8S/c1-31(27,28)21-10-11-29-18-12-17(19(23)16-5-3-2-4-15(16)18)20(24)30-14-8-6-13(7-9-14)22(25)26/h2-9,12,21,23H,10-11H2,1H3. The lowest BCUT2D eigenvalue weighted by molar-refractivity contribution is -0.384. The molecule has 0 aliphatic carbocycles. The number of sulfonamides is 1. The Hall–Kier alpha value is -3.70. The van der Waals surface area contributed by atoms with Gasteiger partial charge in [-0.2, -0.15) is 0 Å². The molecule has 0 aliphatic rings. The molecule has 0 aliphatic heterocycles. The lowest BCUT2D eigenvalue weighted by atomic mass is 10.0. The van der Waals surface area contributed by atoms with Crippen molar-refractivity contribution in [3.05, 3.63) is 70.3 Å². The van der Waals surface area contributed by atoms with Crippen molar-refractivity contribution in [1.82, 2.24) is 4.72 Å². The van der Waals surface area contributed by atoms with Gasteiger partial charge in [-0.1, -0.05) is 24.3 Å². The van der Waals surface area contributed by atoms with E-state index in [9.17, 15) is 28.4 Å². The van der Waals surface area contributed by atoms with Gasteiger partial charge in [0.25, 0.3) is 5.69 Å². The van der Waals surface area contributed by atoms with E-state index < -0.39 is 20.9 Å². The molecule has 162 valence electrons. The van der Waals surface area contributed by atoms with Gasteiger partial charge in [-0.25, -0.2) is 17.9 Å². The van der Waals surface area contributed by atoms with E-state index in [2.05, 4.69) is 4.72 Å². The molecule has 11 heteroatoms. The van der Waals surface area contributed by atoms with Crippen molar-refractivity contribution in [3.63, 3.8) is 0 Å². The molecule has 0 amide bonds. The highest BCUT2D eigenvalue weighted by Gasteiger charge is 2.20. The molecule has 2 N–H and O–H groups in total. The summed E-state index contributed by atoms with van der Waals surface area (Å²) in [5.41, 5.74) is -0.338. The molecule has 0 heterocycles. The summed E-state index contributed by atoms with van der Waals surface area (Å²) < 4.78 is 35.5. The molecule has 0 bridgehead atoms. The van der Waals surface area contributed by atoms with Gasteiger partial charge in [-0.15, -0.1) is 0 Å². The van der Waals surface area contributed by atoms with Crippen molar-refractivity contribution < 1.29 is 32.7 Å². The Morgan fingerprint density at radius 1 is 1.13 bits per heavy atom. The highest BCUT2D eigenvalue weighted by molar-refractivity contribution is 7.88. The lowest BCUT2D eigenvalue weighted by Gasteiger charge is -2.14. The Morgan fingerprint density at radius 2 is 1.77 bits per heavy atom. The number of hydrogen-bond acceptors (Lipinski definition) is 8. The number of benzene rings is 3. The molecule has 0 radical (unpaired) electrons. The summed E-state index contributed by atoms with van der Waals surface area (Å²) in [7, 11) is -3.38. The number of non-ortho nitro benzene ring substituents is 1. The van der Waals surface area contributed by atoms with E-state index in [-0.39, 0.29) is 41.7 Å². The van der Waals surface area contributed by atoms with E-state index in [1.807, 2.05) is 0 Å². The predicted molar refractivity (Wildman–Crippen MR) is 112 cm³/mol. The van der Waals surface area contributed by atoms with Gasteiger partial charge in [-0.3, -0.25) is 10.1 Å². The fourth-order valence-electron chi connectivity index (χ4n) is 2.79. The number of nitro benzene ring substituents is 1. The molecular formula is C20H18N2O8S. The van der Waals surface area contributed by atoms with Crippen molar-refractivity contribution in [1.29, 1.82) is 0 Å². The average Bonchev–Trinajstić information content (AvgIpc) is 2.72. The van der Waals surface area contributed by atoms with Crippen LogP contribution in [0.2, 0.25) is 0 Å². The van der Waals surface area contributed by atoms with E-state index in [1.54, 1.807) is 24.3 Å². The smallest absolute Gasteiger partial charge is 0.347 e. The molecule has 0 saturated heterocycles. The second-order valence-electron chi connectivity index (χ2n) is 6.47. The van der Waals surface area contributed by atoms with Gasteiger partial charge in [-0.05, 0) is 18.2 Å². The van der Waals surface area contributed by atoms with Gasteiger partial charge in [0.05, 0.1) is 11.2 Å². The second kappa shape index (κ2) is 8.98. The number of nitrogens with one attached hydrogen (secondary N) is 1. The van der Waals surface area contributed by atoms with Gasteiger partial charge in [0, 0.05) is 29.4 Å². The first-order valence-corrected chi connectivity index (χ1v) is 10.8. The van der Waals surface area contributed by atoms with E-state index in [0.717, 1.165) is 6.26 Å². The number of nitro groups is 1. The minimum atomic E-state index is -3.38. The van der Waals surface area contributed by atoms with Crippen LogP contribution in [0, 0.1) is 10.1 Å². The molecule has 3 aromatic rings. The number of carbonyl (C=O) groups is 1. The van der Waals surface area contributed by atoms with Crippen LogP contribution in [-0.2, 0) is 10.0 Å². The molecule has 31 heavy (non-hydrogen) atoms. The maximum Gasteiger partial charge on any atom is 0.347 e. The zero-order chi connectivity index (χ0) is 22.6. The third kappa shape index (κ3) is 5.47. The predicted octanol–water partition coefficient (Wildman–Crippen LogP) is 2.60. The molecule has 0 saturated carbocycles. The largest absolute Gasteiger partial charge is 0.506 e. The van der Waals surface area contributed by atoms with Gasteiger partial charge in [0.1, 0.15) is 29.4 Å². The highest BCUT2D eigenvalue weighted by atomic mass is 32.2. The third-order valence-corrected chi connectivity index (χ3v) is 4.91. The maximum absolute atomic E-state index is 12.6. The van der Waals surface area contributed by atoms with Crippen LogP contribution in [0.5, 0.6) is 17.2 Å². The van der Waals surface area contributed by atoms with Gasteiger partial charge < -0.3 is 14.6 Å². The minimum absolute atomic E-state index is 0.0105. The van der Waals surface area contributed by atoms with E-state index in [0.29, 0.717) is 10.8 Å².